The van der Waals surface area contributed by atoms with Crippen molar-refractivity contribution >= 4 is 23.2 Å². The van der Waals surface area contributed by atoms with Crippen molar-refractivity contribution in [1.29, 1.82) is 0 Å². The van der Waals surface area contributed by atoms with E-state index in [1.54, 1.807) is 25.2 Å². The average Bonchev–Trinajstić information content (AvgIpc) is 2.38. The van der Waals surface area contributed by atoms with Gasteiger partial charge >= 0.3 is 0 Å². The van der Waals surface area contributed by atoms with Crippen LogP contribution in [0.15, 0.2) is 18.2 Å². The van der Waals surface area contributed by atoms with Gasteiger partial charge < -0.3 is 20.7 Å². The fraction of sp³-hybridized carbons (Fsp3) is 0.429. The zero-order valence-corrected chi connectivity index (χ0v) is 12.2. The number of carbonyl (C=O) groups is 2. The molecule has 0 aliphatic carbocycles. The second-order valence-corrected chi connectivity index (χ2v) is 4.54. The van der Waals surface area contributed by atoms with E-state index in [-0.39, 0.29) is 17.7 Å². The summed E-state index contributed by atoms with van der Waals surface area (Å²) in [5.74, 6) is 0.112. The average molecular weight is 279 g/mol. The summed E-state index contributed by atoms with van der Waals surface area (Å²) < 4.78 is 5.15. The molecule has 0 radical (unpaired) electrons. The monoisotopic (exact) mass is 279 g/mol. The van der Waals surface area contributed by atoms with Crippen LogP contribution in [0.4, 0.5) is 11.4 Å². The fourth-order valence-electron chi connectivity index (χ4n) is 1.74. The number of nitrogens with one attached hydrogen (secondary N) is 3. The van der Waals surface area contributed by atoms with Crippen molar-refractivity contribution in [3.8, 4) is 5.75 Å². The van der Waals surface area contributed by atoms with Gasteiger partial charge in [0.15, 0.2) is 0 Å². The summed E-state index contributed by atoms with van der Waals surface area (Å²) in [5.41, 5.74) is 1.14. The molecular weight excluding hydrogens is 258 g/mol. The highest BCUT2D eigenvalue weighted by molar-refractivity contribution is 5.95. The van der Waals surface area contributed by atoms with Crippen LogP contribution in [0.2, 0.25) is 0 Å². The Bertz CT molecular complexity index is 489. The van der Waals surface area contributed by atoms with Gasteiger partial charge in [-0.15, -0.1) is 0 Å². The molecule has 1 aromatic carbocycles. The van der Waals surface area contributed by atoms with Crippen LogP contribution in [0.5, 0.6) is 5.75 Å². The zero-order valence-electron chi connectivity index (χ0n) is 12.2. The van der Waals surface area contributed by atoms with Gasteiger partial charge in [0.05, 0.1) is 12.8 Å². The molecule has 6 nitrogen and oxygen atoms in total. The molecule has 2 amide bonds. The Hall–Kier alpha value is -2.08. The third kappa shape index (κ3) is 4.55. The molecule has 0 saturated carbocycles. The number of benzene rings is 1. The quantitative estimate of drug-likeness (QED) is 0.736. The molecule has 1 unspecified atom stereocenters. The van der Waals surface area contributed by atoms with E-state index in [0.717, 1.165) is 0 Å². The molecule has 20 heavy (non-hydrogen) atoms. The van der Waals surface area contributed by atoms with E-state index in [1.807, 2.05) is 6.92 Å². The zero-order chi connectivity index (χ0) is 15.1. The predicted molar refractivity (Wildman–Crippen MR) is 79.0 cm³/mol. The van der Waals surface area contributed by atoms with Crippen molar-refractivity contribution in [3.63, 3.8) is 0 Å². The van der Waals surface area contributed by atoms with Crippen molar-refractivity contribution in [2.45, 2.75) is 13.8 Å². The van der Waals surface area contributed by atoms with Crippen LogP contribution >= 0.6 is 0 Å². The SMILES string of the molecule is CNCC(C)C(=O)Nc1ccc(OC)c(NC(C)=O)c1. The summed E-state index contributed by atoms with van der Waals surface area (Å²) in [6, 6.07) is 5.10. The van der Waals surface area contributed by atoms with Gasteiger partial charge in [0.1, 0.15) is 5.75 Å². The van der Waals surface area contributed by atoms with Crippen LogP contribution in [-0.4, -0.2) is 32.5 Å². The minimum absolute atomic E-state index is 0.0849. The highest BCUT2D eigenvalue weighted by atomic mass is 16.5. The van der Waals surface area contributed by atoms with Gasteiger partial charge in [-0.2, -0.15) is 0 Å². The number of ether oxygens (including phenoxy) is 1. The van der Waals surface area contributed by atoms with Crippen LogP contribution in [0.1, 0.15) is 13.8 Å². The van der Waals surface area contributed by atoms with Gasteiger partial charge in [-0.05, 0) is 25.2 Å². The molecule has 1 aromatic rings. The van der Waals surface area contributed by atoms with Gasteiger partial charge in [-0.1, -0.05) is 6.92 Å². The summed E-state index contributed by atoms with van der Waals surface area (Å²) in [6.45, 7) is 3.85. The van der Waals surface area contributed by atoms with Crippen molar-refractivity contribution in [2.75, 3.05) is 31.3 Å². The summed E-state index contributed by atoms with van der Waals surface area (Å²) >= 11 is 0. The van der Waals surface area contributed by atoms with Crippen LogP contribution in [-0.2, 0) is 9.59 Å². The van der Waals surface area contributed by atoms with E-state index in [0.29, 0.717) is 23.7 Å². The van der Waals surface area contributed by atoms with Crippen LogP contribution in [0.3, 0.4) is 0 Å². The molecule has 6 heteroatoms. The Morgan fingerprint density at radius 3 is 2.55 bits per heavy atom. The highest BCUT2D eigenvalue weighted by Crippen LogP contribution is 2.27. The Kier molecular flexibility index (Phi) is 5.99. The first kappa shape index (κ1) is 16.0. The van der Waals surface area contributed by atoms with Crippen molar-refractivity contribution in [3.05, 3.63) is 18.2 Å². The van der Waals surface area contributed by atoms with Crippen molar-refractivity contribution < 1.29 is 14.3 Å². The van der Waals surface area contributed by atoms with E-state index in [2.05, 4.69) is 16.0 Å². The van der Waals surface area contributed by atoms with Gasteiger partial charge in [-0.3, -0.25) is 9.59 Å². The fourth-order valence-corrected chi connectivity index (χ4v) is 1.74. The minimum Gasteiger partial charge on any atom is -0.495 e. The second-order valence-electron chi connectivity index (χ2n) is 4.54. The molecule has 0 bridgehead atoms. The van der Waals surface area contributed by atoms with Gasteiger partial charge in [0.2, 0.25) is 11.8 Å². The molecule has 1 atom stereocenters. The maximum absolute atomic E-state index is 11.9. The molecular formula is C14H21N3O3. The van der Waals surface area contributed by atoms with Crippen molar-refractivity contribution in [2.24, 2.45) is 5.92 Å². The van der Waals surface area contributed by atoms with Gasteiger partial charge in [0, 0.05) is 25.1 Å². The number of hydrogen-bond donors (Lipinski definition) is 3. The molecule has 0 fully saturated rings. The van der Waals surface area contributed by atoms with E-state index < -0.39 is 0 Å². The van der Waals surface area contributed by atoms with E-state index in [4.69, 9.17) is 4.74 Å². The summed E-state index contributed by atoms with van der Waals surface area (Å²) in [4.78, 5) is 23.1. The Balaban J connectivity index is 2.86. The third-order valence-corrected chi connectivity index (χ3v) is 2.74. The lowest BCUT2D eigenvalue weighted by molar-refractivity contribution is -0.119. The molecule has 0 aromatic heterocycles. The summed E-state index contributed by atoms with van der Waals surface area (Å²) in [6.07, 6.45) is 0. The molecule has 0 heterocycles. The molecule has 0 aliphatic heterocycles. The van der Waals surface area contributed by atoms with Crippen LogP contribution in [0, 0.1) is 5.92 Å². The smallest absolute Gasteiger partial charge is 0.228 e. The lowest BCUT2D eigenvalue weighted by Gasteiger charge is -2.14. The Morgan fingerprint density at radius 1 is 1.30 bits per heavy atom. The van der Waals surface area contributed by atoms with Crippen LogP contribution in [0.25, 0.3) is 0 Å². The van der Waals surface area contributed by atoms with Crippen molar-refractivity contribution in [1.82, 2.24) is 5.32 Å². The van der Waals surface area contributed by atoms with E-state index in [9.17, 15) is 9.59 Å². The Morgan fingerprint density at radius 2 is 2.00 bits per heavy atom. The maximum Gasteiger partial charge on any atom is 0.228 e. The van der Waals surface area contributed by atoms with E-state index >= 15 is 0 Å². The van der Waals surface area contributed by atoms with Gasteiger partial charge in [0.25, 0.3) is 0 Å². The number of amides is 2. The lowest BCUT2D eigenvalue weighted by Crippen LogP contribution is -2.28. The minimum atomic E-state index is -0.199. The number of hydrogen-bond acceptors (Lipinski definition) is 4. The van der Waals surface area contributed by atoms with Gasteiger partial charge in [-0.25, -0.2) is 0 Å². The molecule has 0 spiro atoms. The summed E-state index contributed by atoms with van der Waals surface area (Å²) in [5, 5.41) is 8.42. The molecule has 1 rings (SSSR count). The topological polar surface area (TPSA) is 79.5 Å². The highest BCUT2D eigenvalue weighted by Gasteiger charge is 2.13. The Labute approximate surface area is 118 Å². The van der Waals surface area contributed by atoms with Crippen LogP contribution < -0.4 is 20.7 Å². The number of carbonyl (C=O) groups excluding carboxylic acids is 2. The number of methoxy groups -OCH3 is 1. The second kappa shape index (κ2) is 7.49. The van der Waals surface area contributed by atoms with E-state index in [1.165, 1.54) is 14.0 Å². The third-order valence-electron chi connectivity index (χ3n) is 2.74. The first-order chi connectivity index (χ1) is 9.47. The number of anilines is 2. The molecule has 110 valence electrons. The molecule has 0 aliphatic rings. The normalized spacial score (nSPS) is 11.6. The summed E-state index contributed by atoms with van der Waals surface area (Å²) in [7, 11) is 3.32. The standard InChI is InChI=1S/C14H21N3O3/c1-9(8-15-3)14(19)17-11-5-6-13(20-4)12(7-11)16-10(2)18/h5-7,9,15H,8H2,1-4H3,(H,16,18)(H,17,19). The first-order valence-corrected chi connectivity index (χ1v) is 6.39. The maximum atomic E-state index is 11.9. The lowest BCUT2D eigenvalue weighted by atomic mass is 10.1. The molecule has 3 N–H and O–H groups in total. The largest absolute Gasteiger partial charge is 0.495 e. The molecule has 0 saturated heterocycles. The first-order valence-electron chi connectivity index (χ1n) is 6.39. The predicted octanol–water partition coefficient (Wildman–Crippen LogP) is 1.45. The number of rotatable bonds is 6.